The fraction of sp³-hybridized carbons (Fsp3) is 0.333. The monoisotopic (exact) mass is 391 g/mol. The highest BCUT2D eigenvalue weighted by Crippen LogP contribution is 2.23. The molecule has 0 aliphatic heterocycles. The lowest BCUT2D eigenvalue weighted by molar-refractivity contribution is 0.0926. The summed E-state index contributed by atoms with van der Waals surface area (Å²) >= 11 is 0. The van der Waals surface area contributed by atoms with Gasteiger partial charge in [0, 0.05) is 18.2 Å². The van der Waals surface area contributed by atoms with Crippen molar-refractivity contribution in [1.29, 1.82) is 0 Å². The van der Waals surface area contributed by atoms with E-state index in [4.69, 9.17) is 4.52 Å². The smallest absolute Gasteiger partial charge is 0.273 e. The Morgan fingerprint density at radius 2 is 1.76 bits per heavy atom. The van der Waals surface area contributed by atoms with Crippen LogP contribution in [-0.4, -0.2) is 35.6 Å². The number of aromatic nitrogens is 1. The number of nitrogens with zero attached hydrogens (tertiary/aromatic N) is 2. The summed E-state index contributed by atoms with van der Waals surface area (Å²) in [4.78, 5) is 15.0. The van der Waals surface area contributed by atoms with Crippen LogP contribution in [0.2, 0.25) is 0 Å². The van der Waals surface area contributed by atoms with Gasteiger partial charge in [-0.25, -0.2) is 0 Å². The number of rotatable bonds is 8. The summed E-state index contributed by atoms with van der Waals surface area (Å²) in [5.41, 5.74) is 4.80. The van der Waals surface area contributed by atoms with E-state index >= 15 is 0 Å². The molecule has 29 heavy (non-hydrogen) atoms. The van der Waals surface area contributed by atoms with Crippen molar-refractivity contribution in [1.82, 2.24) is 15.4 Å². The minimum Gasteiger partial charge on any atom is -0.355 e. The molecule has 0 saturated heterocycles. The Hall–Kier alpha value is -2.92. The largest absolute Gasteiger partial charge is 0.355 e. The van der Waals surface area contributed by atoms with Gasteiger partial charge in [0.25, 0.3) is 5.91 Å². The van der Waals surface area contributed by atoms with E-state index in [1.807, 2.05) is 36.4 Å². The molecule has 1 aromatic heterocycles. The maximum Gasteiger partial charge on any atom is 0.273 e. The maximum absolute atomic E-state index is 12.7. The quantitative estimate of drug-likeness (QED) is 0.601. The lowest BCUT2D eigenvalue weighted by Crippen LogP contribution is -2.38. The number of benzene rings is 2. The summed E-state index contributed by atoms with van der Waals surface area (Å²) in [6.07, 6.45) is 0. The van der Waals surface area contributed by atoms with Crippen molar-refractivity contribution in [2.75, 3.05) is 19.6 Å². The Kier molecular flexibility index (Phi) is 6.83. The minimum absolute atomic E-state index is 0.112. The number of amides is 1. The number of likely N-dealkylation sites (N-methyl/N-ethyl adjacent to an activating group) is 1. The van der Waals surface area contributed by atoms with E-state index in [9.17, 15) is 4.79 Å². The van der Waals surface area contributed by atoms with Gasteiger partial charge in [0.2, 0.25) is 0 Å². The van der Waals surface area contributed by atoms with E-state index in [2.05, 4.69) is 55.2 Å². The first-order chi connectivity index (χ1) is 14.0. The van der Waals surface area contributed by atoms with Crippen molar-refractivity contribution >= 4 is 5.91 Å². The van der Waals surface area contributed by atoms with Crippen LogP contribution < -0.4 is 5.32 Å². The van der Waals surface area contributed by atoms with Gasteiger partial charge in [0.05, 0.1) is 6.04 Å². The van der Waals surface area contributed by atoms with Crippen LogP contribution in [0, 0.1) is 13.8 Å². The number of hydrogen-bond acceptors (Lipinski definition) is 4. The van der Waals surface area contributed by atoms with Crippen LogP contribution in [0.5, 0.6) is 0 Å². The summed E-state index contributed by atoms with van der Waals surface area (Å²) in [7, 11) is 0. The standard InChI is InChI=1S/C24H29N3O2/c1-5-27(6-2)22(19-10-8-7-9-11-19)16-25-24(28)21-15-23(29-26-21)20-13-12-17(3)18(4)14-20/h7-15,22H,5-6,16H2,1-4H3,(H,25,28). The molecule has 1 amide bonds. The Morgan fingerprint density at radius 3 is 2.41 bits per heavy atom. The number of hydrogen-bond donors (Lipinski definition) is 1. The van der Waals surface area contributed by atoms with Gasteiger partial charge in [0.1, 0.15) is 0 Å². The lowest BCUT2D eigenvalue weighted by Gasteiger charge is -2.30. The zero-order valence-electron chi connectivity index (χ0n) is 17.6. The van der Waals surface area contributed by atoms with Crippen LogP contribution in [0.25, 0.3) is 11.3 Å². The number of nitrogens with one attached hydrogen (secondary N) is 1. The van der Waals surface area contributed by atoms with E-state index in [-0.39, 0.29) is 11.9 Å². The number of carbonyl (C=O) groups excluding carboxylic acids is 1. The van der Waals surface area contributed by atoms with Crippen molar-refractivity contribution in [3.8, 4) is 11.3 Å². The first-order valence-electron chi connectivity index (χ1n) is 10.1. The minimum atomic E-state index is -0.225. The molecule has 1 unspecified atom stereocenters. The third kappa shape index (κ3) is 4.93. The van der Waals surface area contributed by atoms with Crippen molar-refractivity contribution in [2.24, 2.45) is 0 Å². The normalized spacial score (nSPS) is 12.2. The molecule has 1 atom stereocenters. The predicted molar refractivity (Wildman–Crippen MR) is 116 cm³/mol. The number of aryl methyl sites for hydroxylation is 2. The Bertz CT molecular complexity index is 946. The SMILES string of the molecule is CCN(CC)C(CNC(=O)c1cc(-c2ccc(C)c(C)c2)on1)c1ccccc1. The highest BCUT2D eigenvalue weighted by Gasteiger charge is 2.20. The second-order valence-electron chi connectivity index (χ2n) is 7.23. The topological polar surface area (TPSA) is 58.4 Å². The van der Waals surface area contributed by atoms with Crippen LogP contribution >= 0.6 is 0 Å². The first kappa shape index (κ1) is 20.8. The molecule has 0 aliphatic rings. The molecule has 0 spiro atoms. The van der Waals surface area contributed by atoms with E-state index in [0.29, 0.717) is 18.0 Å². The second kappa shape index (κ2) is 9.52. The molecule has 152 valence electrons. The predicted octanol–water partition coefficient (Wildman–Crippen LogP) is 4.77. The van der Waals surface area contributed by atoms with Gasteiger partial charge in [-0.2, -0.15) is 0 Å². The molecule has 5 nitrogen and oxygen atoms in total. The molecule has 0 radical (unpaired) electrons. The third-order valence-corrected chi connectivity index (χ3v) is 5.43. The van der Waals surface area contributed by atoms with Gasteiger partial charge < -0.3 is 9.84 Å². The van der Waals surface area contributed by atoms with Gasteiger partial charge in [-0.1, -0.05) is 61.5 Å². The molecule has 3 aromatic rings. The van der Waals surface area contributed by atoms with Crippen molar-refractivity contribution < 1.29 is 9.32 Å². The van der Waals surface area contributed by atoms with Crippen molar-refractivity contribution in [3.05, 3.63) is 77.0 Å². The van der Waals surface area contributed by atoms with Gasteiger partial charge >= 0.3 is 0 Å². The van der Waals surface area contributed by atoms with Crippen LogP contribution in [0.3, 0.4) is 0 Å². The molecule has 0 bridgehead atoms. The van der Waals surface area contributed by atoms with Crippen molar-refractivity contribution in [2.45, 2.75) is 33.7 Å². The third-order valence-electron chi connectivity index (χ3n) is 5.43. The Balaban J connectivity index is 1.72. The highest BCUT2D eigenvalue weighted by atomic mass is 16.5. The Labute approximate surface area is 172 Å². The molecule has 0 saturated carbocycles. The lowest BCUT2D eigenvalue weighted by atomic mass is 10.0. The van der Waals surface area contributed by atoms with Crippen molar-refractivity contribution in [3.63, 3.8) is 0 Å². The van der Waals surface area contributed by atoms with Gasteiger partial charge in [-0.15, -0.1) is 0 Å². The van der Waals surface area contributed by atoms with Gasteiger partial charge in [0.15, 0.2) is 11.5 Å². The fourth-order valence-electron chi connectivity index (χ4n) is 3.49. The summed E-state index contributed by atoms with van der Waals surface area (Å²) in [5, 5.41) is 7.01. The maximum atomic E-state index is 12.7. The average Bonchev–Trinajstić information content (AvgIpc) is 3.24. The van der Waals surface area contributed by atoms with E-state index in [0.717, 1.165) is 18.7 Å². The molecule has 1 N–H and O–H groups in total. The summed E-state index contributed by atoms with van der Waals surface area (Å²) in [6.45, 7) is 10.7. The summed E-state index contributed by atoms with van der Waals surface area (Å²) in [6, 6.07) is 18.1. The van der Waals surface area contributed by atoms with E-state index in [1.54, 1.807) is 6.07 Å². The molecule has 1 heterocycles. The second-order valence-corrected chi connectivity index (χ2v) is 7.23. The molecular weight excluding hydrogens is 362 g/mol. The molecule has 5 heteroatoms. The highest BCUT2D eigenvalue weighted by molar-refractivity contribution is 5.93. The summed E-state index contributed by atoms with van der Waals surface area (Å²) < 4.78 is 5.43. The Morgan fingerprint density at radius 1 is 1.03 bits per heavy atom. The van der Waals surface area contributed by atoms with Crippen LogP contribution in [0.1, 0.15) is 47.1 Å². The molecule has 3 rings (SSSR count). The fourth-order valence-corrected chi connectivity index (χ4v) is 3.49. The molecule has 0 aliphatic carbocycles. The van der Waals surface area contributed by atoms with E-state index in [1.165, 1.54) is 16.7 Å². The van der Waals surface area contributed by atoms with Gasteiger partial charge in [-0.3, -0.25) is 9.69 Å². The van der Waals surface area contributed by atoms with Crippen LogP contribution in [0.4, 0.5) is 0 Å². The van der Waals surface area contributed by atoms with Crippen LogP contribution in [0.15, 0.2) is 59.1 Å². The molecule has 0 fully saturated rings. The number of carbonyl (C=O) groups is 1. The van der Waals surface area contributed by atoms with Gasteiger partial charge in [-0.05, 0) is 49.7 Å². The molecular formula is C24H29N3O2. The average molecular weight is 392 g/mol. The van der Waals surface area contributed by atoms with Crippen LogP contribution in [-0.2, 0) is 0 Å². The first-order valence-corrected chi connectivity index (χ1v) is 10.1. The molecule has 2 aromatic carbocycles. The summed E-state index contributed by atoms with van der Waals surface area (Å²) in [5.74, 6) is 0.374. The van der Waals surface area contributed by atoms with E-state index < -0.39 is 0 Å². The zero-order chi connectivity index (χ0) is 20.8. The zero-order valence-corrected chi connectivity index (χ0v) is 17.6.